The third-order valence-electron chi connectivity index (χ3n) is 1.98. The van der Waals surface area contributed by atoms with E-state index in [9.17, 15) is 4.39 Å². The Morgan fingerprint density at radius 1 is 1.47 bits per heavy atom. The minimum Gasteiger partial charge on any atom is -0.378 e. The first kappa shape index (κ1) is 13.6. The number of aromatic nitrogens is 2. The highest BCUT2D eigenvalue weighted by atomic mass is 19.1. The van der Waals surface area contributed by atoms with Crippen molar-refractivity contribution in [3.05, 3.63) is 12.0 Å². The van der Waals surface area contributed by atoms with Crippen LogP contribution in [0.4, 0.5) is 16.2 Å². The second-order valence-corrected chi connectivity index (χ2v) is 3.77. The number of halogens is 1. The maximum Gasteiger partial charge on any atom is 0.222 e. The number of hydrogen-bond donors (Lipinski definition) is 2. The van der Waals surface area contributed by atoms with Crippen LogP contribution >= 0.6 is 0 Å². The van der Waals surface area contributed by atoms with Crippen molar-refractivity contribution in [2.75, 3.05) is 51.4 Å². The summed E-state index contributed by atoms with van der Waals surface area (Å²) in [5, 5.41) is 2.80. The van der Waals surface area contributed by atoms with Crippen molar-refractivity contribution >= 4 is 11.8 Å². The number of rotatable bonds is 7. The van der Waals surface area contributed by atoms with E-state index in [-0.39, 0.29) is 11.8 Å². The molecule has 0 aliphatic heterocycles. The number of nitrogens with zero attached hydrogens (tertiary/aromatic N) is 3. The highest BCUT2D eigenvalue weighted by molar-refractivity contribution is 5.38. The molecule has 0 spiro atoms. The molecule has 0 saturated heterocycles. The molecule has 0 saturated carbocycles. The molecule has 6 nitrogen and oxygen atoms in total. The Bertz CT molecular complexity index is 347. The van der Waals surface area contributed by atoms with Gasteiger partial charge in [0.2, 0.25) is 5.95 Å². The van der Waals surface area contributed by atoms with E-state index in [4.69, 9.17) is 10.5 Å². The van der Waals surface area contributed by atoms with Crippen LogP contribution in [-0.4, -0.2) is 55.3 Å². The highest BCUT2D eigenvalue weighted by Gasteiger charge is 2.03. The summed E-state index contributed by atoms with van der Waals surface area (Å²) in [6.45, 7) is 2.45. The topological polar surface area (TPSA) is 76.3 Å². The summed E-state index contributed by atoms with van der Waals surface area (Å²) in [7, 11) is 3.95. The maximum atomic E-state index is 13.2. The third kappa shape index (κ3) is 5.41. The van der Waals surface area contributed by atoms with Crippen LogP contribution in [0.25, 0.3) is 0 Å². The molecule has 0 fully saturated rings. The molecule has 1 heterocycles. The Kier molecular flexibility index (Phi) is 5.58. The number of ether oxygens (including phenoxy) is 1. The molecule has 3 N–H and O–H groups in total. The van der Waals surface area contributed by atoms with E-state index in [0.29, 0.717) is 19.8 Å². The lowest BCUT2D eigenvalue weighted by molar-refractivity contribution is 0.126. The van der Waals surface area contributed by atoms with Gasteiger partial charge in [0.25, 0.3) is 0 Å². The quantitative estimate of drug-likeness (QED) is 0.666. The van der Waals surface area contributed by atoms with Gasteiger partial charge in [-0.3, -0.25) is 0 Å². The molecule has 0 bridgehead atoms. The molecule has 17 heavy (non-hydrogen) atoms. The zero-order chi connectivity index (χ0) is 12.7. The molecule has 0 unspecified atom stereocenters. The summed E-state index contributed by atoms with van der Waals surface area (Å²) >= 11 is 0. The van der Waals surface area contributed by atoms with Crippen LogP contribution in [0, 0.1) is 5.82 Å². The predicted octanol–water partition coefficient (Wildman–Crippen LogP) is 0.188. The van der Waals surface area contributed by atoms with Gasteiger partial charge in [-0.2, -0.15) is 4.98 Å². The van der Waals surface area contributed by atoms with E-state index in [1.807, 2.05) is 19.0 Å². The molecule has 1 aromatic rings. The zero-order valence-electron chi connectivity index (χ0n) is 10.1. The first-order valence-electron chi connectivity index (χ1n) is 5.34. The summed E-state index contributed by atoms with van der Waals surface area (Å²) in [5.41, 5.74) is 5.35. The summed E-state index contributed by atoms with van der Waals surface area (Å²) < 4.78 is 18.5. The SMILES string of the molecule is CN(C)CCOCCNc1nc(N)ncc1F. The first-order chi connectivity index (χ1) is 8.09. The third-order valence-corrected chi connectivity index (χ3v) is 1.98. The fourth-order valence-corrected chi connectivity index (χ4v) is 1.10. The largest absolute Gasteiger partial charge is 0.378 e. The molecule has 0 aromatic carbocycles. The number of hydrogen-bond acceptors (Lipinski definition) is 6. The molecular formula is C10H18FN5O. The van der Waals surface area contributed by atoms with Gasteiger partial charge in [0.1, 0.15) is 0 Å². The van der Waals surface area contributed by atoms with Crippen molar-refractivity contribution in [1.82, 2.24) is 14.9 Å². The van der Waals surface area contributed by atoms with Crippen LogP contribution in [0.3, 0.4) is 0 Å². The van der Waals surface area contributed by atoms with Crippen LogP contribution in [0.2, 0.25) is 0 Å². The maximum absolute atomic E-state index is 13.2. The van der Waals surface area contributed by atoms with E-state index in [1.165, 1.54) is 0 Å². The van der Waals surface area contributed by atoms with E-state index >= 15 is 0 Å². The number of nitrogens with two attached hydrogens (primary N) is 1. The second-order valence-electron chi connectivity index (χ2n) is 3.77. The summed E-state index contributed by atoms with van der Waals surface area (Å²) in [4.78, 5) is 9.29. The highest BCUT2D eigenvalue weighted by Crippen LogP contribution is 2.09. The van der Waals surface area contributed by atoms with Gasteiger partial charge >= 0.3 is 0 Å². The van der Waals surface area contributed by atoms with E-state index in [2.05, 4.69) is 15.3 Å². The fraction of sp³-hybridized carbons (Fsp3) is 0.600. The molecule has 1 rings (SSSR count). The number of nitrogen functional groups attached to an aromatic ring is 1. The zero-order valence-corrected chi connectivity index (χ0v) is 10.1. The van der Waals surface area contributed by atoms with Crippen molar-refractivity contribution < 1.29 is 9.13 Å². The predicted molar refractivity (Wildman–Crippen MR) is 64.3 cm³/mol. The van der Waals surface area contributed by atoms with Crippen LogP contribution in [0.1, 0.15) is 0 Å². The van der Waals surface area contributed by atoms with Gasteiger partial charge in [0.05, 0.1) is 19.4 Å². The van der Waals surface area contributed by atoms with E-state index in [0.717, 1.165) is 12.7 Å². The summed E-state index contributed by atoms with van der Waals surface area (Å²) in [6, 6.07) is 0. The molecule has 96 valence electrons. The van der Waals surface area contributed by atoms with Crippen LogP contribution in [-0.2, 0) is 4.74 Å². The van der Waals surface area contributed by atoms with Crippen LogP contribution in [0.5, 0.6) is 0 Å². The number of anilines is 2. The smallest absolute Gasteiger partial charge is 0.222 e. The van der Waals surface area contributed by atoms with Gasteiger partial charge in [-0.25, -0.2) is 9.37 Å². The van der Waals surface area contributed by atoms with E-state index < -0.39 is 5.82 Å². The molecule has 0 radical (unpaired) electrons. The lowest BCUT2D eigenvalue weighted by Gasteiger charge is -2.10. The van der Waals surface area contributed by atoms with Crippen molar-refractivity contribution in [3.63, 3.8) is 0 Å². The average molecular weight is 243 g/mol. The Morgan fingerprint density at radius 2 is 2.24 bits per heavy atom. The molecule has 0 aliphatic carbocycles. The lowest BCUT2D eigenvalue weighted by Crippen LogP contribution is -2.20. The lowest BCUT2D eigenvalue weighted by atomic mass is 10.5. The molecule has 0 atom stereocenters. The summed E-state index contributed by atoms with van der Waals surface area (Å²) in [6.07, 6.45) is 1.04. The molecule has 7 heteroatoms. The Balaban J connectivity index is 2.20. The van der Waals surface area contributed by atoms with Gasteiger partial charge in [-0.1, -0.05) is 0 Å². The fourth-order valence-electron chi connectivity index (χ4n) is 1.10. The molecule has 0 amide bonds. The summed E-state index contributed by atoms with van der Waals surface area (Å²) in [5.74, 6) is -0.372. The standard InChI is InChI=1S/C10H18FN5O/c1-16(2)4-6-17-5-3-13-9-8(11)7-14-10(12)15-9/h7H,3-6H2,1-2H3,(H3,12,13,14,15). The number of nitrogens with one attached hydrogen (secondary N) is 1. The van der Waals surface area contributed by atoms with E-state index in [1.54, 1.807) is 0 Å². The van der Waals surface area contributed by atoms with Gasteiger partial charge in [-0.15, -0.1) is 0 Å². The van der Waals surface area contributed by atoms with Gasteiger partial charge in [0.15, 0.2) is 11.6 Å². The van der Waals surface area contributed by atoms with Crippen molar-refractivity contribution in [2.45, 2.75) is 0 Å². The van der Waals surface area contributed by atoms with Gasteiger partial charge in [-0.05, 0) is 14.1 Å². The molecule has 0 aliphatic rings. The van der Waals surface area contributed by atoms with Crippen LogP contribution < -0.4 is 11.1 Å². The van der Waals surface area contributed by atoms with Crippen molar-refractivity contribution in [3.8, 4) is 0 Å². The minimum absolute atomic E-state index is 0.0439. The molecule has 1 aromatic heterocycles. The van der Waals surface area contributed by atoms with Gasteiger partial charge in [0, 0.05) is 13.1 Å². The normalized spacial score (nSPS) is 10.8. The van der Waals surface area contributed by atoms with Crippen molar-refractivity contribution in [1.29, 1.82) is 0 Å². The molecular weight excluding hydrogens is 225 g/mol. The second kappa shape index (κ2) is 6.97. The Morgan fingerprint density at radius 3 is 2.94 bits per heavy atom. The number of likely N-dealkylation sites (N-methyl/N-ethyl adjacent to an activating group) is 1. The Hall–Kier alpha value is -1.47. The van der Waals surface area contributed by atoms with Crippen molar-refractivity contribution in [2.24, 2.45) is 0 Å². The monoisotopic (exact) mass is 243 g/mol. The minimum atomic E-state index is -0.521. The Labute approximate surface area is 100.0 Å². The average Bonchev–Trinajstić information content (AvgIpc) is 2.27. The first-order valence-corrected chi connectivity index (χ1v) is 5.34. The van der Waals surface area contributed by atoms with Crippen LogP contribution in [0.15, 0.2) is 6.20 Å². The van der Waals surface area contributed by atoms with Gasteiger partial charge < -0.3 is 20.7 Å².